The average molecular weight is 304 g/mol. The summed E-state index contributed by atoms with van der Waals surface area (Å²) in [6.07, 6.45) is 1.47. The van der Waals surface area contributed by atoms with Gasteiger partial charge in [-0.1, -0.05) is 0 Å². The Labute approximate surface area is 126 Å². The summed E-state index contributed by atoms with van der Waals surface area (Å²) in [5, 5.41) is 0.999. The van der Waals surface area contributed by atoms with Crippen molar-refractivity contribution in [2.24, 2.45) is 5.73 Å². The molecule has 0 radical (unpaired) electrons. The quantitative estimate of drug-likeness (QED) is 0.942. The van der Waals surface area contributed by atoms with E-state index in [1.807, 2.05) is 24.3 Å². The highest BCUT2D eigenvalue weighted by molar-refractivity contribution is 7.20. The van der Waals surface area contributed by atoms with Gasteiger partial charge in [0.1, 0.15) is 11.8 Å². The summed E-state index contributed by atoms with van der Waals surface area (Å²) in [7, 11) is 1.61. The van der Waals surface area contributed by atoms with Crippen LogP contribution in [0, 0.1) is 0 Å². The third-order valence-electron chi connectivity index (χ3n) is 3.78. The van der Waals surface area contributed by atoms with Gasteiger partial charge in [-0.15, -0.1) is 11.3 Å². The summed E-state index contributed by atoms with van der Waals surface area (Å²) >= 11 is 1.41. The summed E-state index contributed by atoms with van der Waals surface area (Å²) < 4.78 is 6.18. The van der Waals surface area contributed by atoms with Crippen LogP contribution < -0.4 is 10.5 Å². The van der Waals surface area contributed by atoms with E-state index in [-0.39, 0.29) is 5.91 Å². The zero-order valence-corrected chi connectivity index (χ0v) is 12.5. The number of hydrogen-bond donors (Lipinski definition) is 1. The normalized spacial score (nSPS) is 18.1. The SMILES string of the molecule is COc1ccc2cc(C(=O)N3CCC[C@H]3C(N)=O)sc2c1. The number of methoxy groups -OCH3 is 1. The molecule has 1 saturated heterocycles. The summed E-state index contributed by atoms with van der Waals surface area (Å²) in [4.78, 5) is 26.2. The minimum absolute atomic E-state index is 0.114. The maximum Gasteiger partial charge on any atom is 0.264 e. The summed E-state index contributed by atoms with van der Waals surface area (Å²) in [6, 6.07) is 7.09. The van der Waals surface area contributed by atoms with Gasteiger partial charge in [-0.2, -0.15) is 0 Å². The van der Waals surface area contributed by atoms with Gasteiger partial charge < -0.3 is 15.4 Å². The highest BCUT2D eigenvalue weighted by atomic mass is 32.1. The molecule has 1 atom stereocenters. The second kappa shape index (κ2) is 5.37. The molecule has 1 fully saturated rings. The smallest absolute Gasteiger partial charge is 0.264 e. The number of primary amides is 1. The Hall–Kier alpha value is -2.08. The maximum atomic E-state index is 12.6. The number of benzene rings is 1. The van der Waals surface area contributed by atoms with E-state index in [4.69, 9.17) is 10.5 Å². The van der Waals surface area contributed by atoms with E-state index in [9.17, 15) is 9.59 Å². The third-order valence-corrected chi connectivity index (χ3v) is 4.87. The molecule has 1 aromatic carbocycles. The fourth-order valence-electron chi connectivity index (χ4n) is 2.69. The number of carbonyl (C=O) groups excluding carboxylic acids is 2. The molecule has 2 aromatic rings. The fraction of sp³-hybridized carbons (Fsp3) is 0.333. The summed E-state index contributed by atoms with van der Waals surface area (Å²) in [5.41, 5.74) is 5.37. The van der Waals surface area contributed by atoms with Crippen molar-refractivity contribution in [3.05, 3.63) is 29.1 Å². The Morgan fingerprint density at radius 1 is 1.38 bits per heavy atom. The minimum Gasteiger partial charge on any atom is -0.497 e. The highest BCUT2D eigenvalue weighted by Crippen LogP contribution is 2.31. The lowest BCUT2D eigenvalue weighted by Gasteiger charge is -2.21. The van der Waals surface area contributed by atoms with Gasteiger partial charge in [0.05, 0.1) is 12.0 Å². The number of fused-ring (bicyclic) bond motifs is 1. The number of amides is 2. The first kappa shape index (κ1) is 13.9. The second-order valence-corrected chi connectivity index (χ2v) is 6.16. The van der Waals surface area contributed by atoms with E-state index in [0.29, 0.717) is 17.8 Å². The van der Waals surface area contributed by atoms with E-state index in [0.717, 1.165) is 22.3 Å². The molecule has 0 aliphatic carbocycles. The van der Waals surface area contributed by atoms with E-state index >= 15 is 0 Å². The van der Waals surface area contributed by atoms with Crippen molar-refractivity contribution >= 4 is 33.2 Å². The molecule has 1 aliphatic rings. The predicted octanol–water partition coefficient (Wildman–Crippen LogP) is 2.00. The van der Waals surface area contributed by atoms with Gasteiger partial charge in [-0.25, -0.2) is 0 Å². The van der Waals surface area contributed by atoms with Crippen molar-refractivity contribution in [3.63, 3.8) is 0 Å². The summed E-state index contributed by atoms with van der Waals surface area (Å²) in [5.74, 6) is 0.222. The second-order valence-electron chi connectivity index (χ2n) is 5.07. The maximum absolute atomic E-state index is 12.6. The zero-order chi connectivity index (χ0) is 15.0. The van der Waals surface area contributed by atoms with Gasteiger partial charge >= 0.3 is 0 Å². The van der Waals surface area contributed by atoms with Gasteiger partial charge in [0.25, 0.3) is 5.91 Å². The van der Waals surface area contributed by atoms with Crippen LogP contribution >= 0.6 is 11.3 Å². The van der Waals surface area contributed by atoms with Crippen molar-refractivity contribution in [1.82, 2.24) is 4.90 Å². The van der Waals surface area contributed by atoms with Crippen molar-refractivity contribution < 1.29 is 14.3 Å². The van der Waals surface area contributed by atoms with Crippen LogP contribution in [0.15, 0.2) is 24.3 Å². The Balaban J connectivity index is 1.92. The molecule has 0 saturated carbocycles. The van der Waals surface area contributed by atoms with Crippen LogP contribution in [0.4, 0.5) is 0 Å². The number of hydrogen-bond acceptors (Lipinski definition) is 4. The van der Waals surface area contributed by atoms with Gasteiger partial charge in [0, 0.05) is 11.2 Å². The lowest BCUT2D eigenvalue weighted by atomic mass is 10.2. The van der Waals surface area contributed by atoms with Crippen LogP contribution in [0.1, 0.15) is 22.5 Å². The Bertz CT molecular complexity index is 710. The molecule has 3 rings (SSSR count). The number of likely N-dealkylation sites (tertiary alicyclic amines) is 1. The third kappa shape index (κ3) is 2.47. The average Bonchev–Trinajstić information content (AvgIpc) is 3.12. The molecule has 0 bridgehead atoms. The molecular weight excluding hydrogens is 288 g/mol. The molecule has 5 nitrogen and oxygen atoms in total. The number of thiophene rings is 1. The van der Waals surface area contributed by atoms with Crippen LogP contribution in [0.5, 0.6) is 5.75 Å². The van der Waals surface area contributed by atoms with Crippen LogP contribution in [0.25, 0.3) is 10.1 Å². The minimum atomic E-state index is -0.475. The molecule has 110 valence electrons. The lowest BCUT2D eigenvalue weighted by molar-refractivity contribution is -0.121. The van der Waals surface area contributed by atoms with Crippen LogP contribution in [-0.2, 0) is 4.79 Å². The van der Waals surface area contributed by atoms with Crippen molar-refractivity contribution in [1.29, 1.82) is 0 Å². The van der Waals surface area contributed by atoms with Crippen LogP contribution in [-0.4, -0.2) is 36.4 Å². The number of ether oxygens (including phenoxy) is 1. The van der Waals surface area contributed by atoms with Crippen LogP contribution in [0.3, 0.4) is 0 Å². The Morgan fingerprint density at radius 2 is 2.19 bits per heavy atom. The van der Waals surface area contributed by atoms with E-state index in [2.05, 4.69) is 0 Å². The van der Waals surface area contributed by atoms with Gasteiger partial charge in [0.15, 0.2) is 0 Å². The van der Waals surface area contributed by atoms with E-state index in [1.54, 1.807) is 12.0 Å². The number of carbonyl (C=O) groups is 2. The van der Waals surface area contributed by atoms with Gasteiger partial charge in [-0.3, -0.25) is 9.59 Å². The zero-order valence-electron chi connectivity index (χ0n) is 11.7. The fourth-order valence-corrected chi connectivity index (χ4v) is 3.74. The molecular formula is C15H16N2O3S. The molecule has 0 unspecified atom stereocenters. The van der Waals surface area contributed by atoms with Crippen LogP contribution in [0.2, 0.25) is 0 Å². The Morgan fingerprint density at radius 3 is 2.90 bits per heavy atom. The van der Waals surface area contributed by atoms with E-state index in [1.165, 1.54) is 11.3 Å². The number of nitrogens with zero attached hydrogens (tertiary/aromatic N) is 1. The summed E-state index contributed by atoms with van der Waals surface area (Å²) in [6.45, 7) is 0.587. The van der Waals surface area contributed by atoms with Crippen molar-refractivity contribution in [2.75, 3.05) is 13.7 Å². The topological polar surface area (TPSA) is 72.6 Å². The largest absolute Gasteiger partial charge is 0.497 e. The Kier molecular flexibility index (Phi) is 3.55. The first-order valence-corrected chi connectivity index (χ1v) is 7.59. The number of rotatable bonds is 3. The van der Waals surface area contributed by atoms with E-state index < -0.39 is 11.9 Å². The van der Waals surface area contributed by atoms with Gasteiger partial charge in [-0.05, 0) is 42.5 Å². The highest BCUT2D eigenvalue weighted by Gasteiger charge is 2.33. The number of nitrogens with two attached hydrogens (primary N) is 1. The molecule has 2 N–H and O–H groups in total. The molecule has 2 heterocycles. The standard InChI is InChI=1S/C15H16N2O3S/c1-20-10-5-4-9-7-13(21-12(9)8-10)15(19)17-6-2-3-11(17)14(16)18/h4-5,7-8,11H,2-3,6H2,1H3,(H2,16,18)/t11-/m0/s1. The molecule has 21 heavy (non-hydrogen) atoms. The lowest BCUT2D eigenvalue weighted by Crippen LogP contribution is -2.43. The first-order valence-electron chi connectivity index (χ1n) is 6.78. The first-order chi connectivity index (χ1) is 10.1. The van der Waals surface area contributed by atoms with Crippen molar-refractivity contribution in [2.45, 2.75) is 18.9 Å². The molecule has 1 aliphatic heterocycles. The monoisotopic (exact) mass is 304 g/mol. The van der Waals surface area contributed by atoms with Gasteiger partial charge in [0.2, 0.25) is 5.91 Å². The molecule has 0 spiro atoms. The van der Waals surface area contributed by atoms with Crippen molar-refractivity contribution in [3.8, 4) is 5.75 Å². The molecule has 2 amide bonds. The predicted molar refractivity (Wildman–Crippen MR) is 81.6 cm³/mol. The molecule has 1 aromatic heterocycles. The molecule has 6 heteroatoms.